The van der Waals surface area contributed by atoms with Crippen molar-refractivity contribution in [2.45, 2.75) is 19.0 Å². The van der Waals surface area contributed by atoms with Crippen LogP contribution in [0.15, 0.2) is 134 Å². The first kappa shape index (κ1) is 25.1. The van der Waals surface area contributed by atoms with Crippen molar-refractivity contribution in [2.75, 3.05) is 4.90 Å². The summed E-state index contributed by atoms with van der Waals surface area (Å²) in [5.41, 5.74) is 5.33. The summed E-state index contributed by atoms with van der Waals surface area (Å²) in [6, 6.07) is 41.2. The normalized spacial score (nSPS) is 16.6. The van der Waals surface area contributed by atoms with Crippen molar-refractivity contribution in [3.8, 4) is 17.2 Å². The molecule has 200 valence electrons. The Balaban J connectivity index is 1.28. The van der Waals surface area contributed by atoms with Gasteiger partial charge in [-0.25, -0.2) is 0 Å². The summed E-state index contributed by atoms with van der Waals surface area (Å²) in [4.78, 5) is 6.91. The van der Waals surface area contributed by atoms with E-state index in [9.17, 15) is 0 Å². The standard InChI is InChI=1S/C35H28N4OS/c1-24-11-17-29(18-12-24)40-30-19-15-27(16-20-30)39-34(33(37-35(39)41)31-9-4-5-21-36-31)32-10-6-22-38(32)28-14-13-25-7-2-3-8-26(25)23-28/h2-23,33-34H,1H3,(H,37,41)/t33-,34-/m0/s1. The number of nitrogens with zero attached hydrogens (tertiary/aromatic N) is 3. The Morgan fingerprint density at radius 3 is 2.20 bits per heavy atom. The van der Waals surface area contributed by atoms with Crippen molar-refractivity contribution in [1.29, 1.82) is 0 Å². The summed E-state index contributed by atoms with van der Waals surface area (Å²) in [5.74, 6) is 1.58. The van der Waals surface area contributed by atoms with Crippen molar-refractivity contribution in [3.63, 3.8) is 0 Å². The van der Waals surface area contributed by atoms with E-state index < -0.39 is 0 Å². The maximum Gasteiger partial charge on any atom is 0.174 e. The fourth-order valence-corrected chi connectivity index (χ4v) is 5.89. The number of rotatable bonds is 6. The number of aryl methyl sites for hydroxylation is 1. The van der Waals surface area contributed by atoms with Crippen LogP contribution in [0, 0.1) is 6.92 Å². The zero-order valence-corrected chi connectivity index (χ0v) is 23.3. The number of fused-ring (bicyclic) bond motifs is 1. The molecule has 41 heavy (non-hydrogen) atoms. The highest BCUT2D eigenvalue weighted by Gasteiger charge is 2.42. The molecule has 0 amide bonds. The second-order valence-electron chi connectivity index (χ2n) is 10.2. The van der Waals surface area contributed by atoms with Gasteiger partial charge in [0.1, 0.15) is 17.5 Å². The molecule has 7 rings (SSSR count). The first-order valence-corrected chi connectivity index (χ1v) is 14.1. The molecule has 1 saturated heterocycles. The van der Waals surface area contributed by atoms with Crippen molar-refractivity contribution < 1.29 is 4.74 Å². The molecule has 3 heterocycles. The van der Waals surface area contributed by atoms with Gasteiger partial charge in [0.25, 0.3) is 0 Å². The largest absolute Gasteiger partial charge is 0.457 e. The highest BCUT2D eigenvalue weighted by molar-refractivity contribution is 7.80. The lowest BCUT2D eigenvalue weighted by atomic mass is 10.0. The van der Waals surface area contributed by atoms with E-state index in [-0.39, 0.29) is 12.1 Å². The van der Waals surface area contributed by atoms with Gasteiger partial charge in [-0.2, -0.15) is 0 Å². The minimum absolute atomic E-state index is 0.136. The number of hydrogen-bond donors (Lipinski definition) is 1. The van der Waals surface area contributed by atoms with Gasteiger partial charge >= 0.3 is 0 Å². The summed E-state index contributed by atoms with van der Waals surface area (Å²) in [5, 5.41) is 6.65. The lowest BCUT2D eigenvalue weighted by molar-refractivity contribution is 0.482. The van der Waals surface area contributed by atoms with E-state index in [1.165, 1.54) is 16.3 Å². The van der Waals surface area contributed by atoms with Gasteiger partial charge in [0, 0.05) is 29.5 Å². The third-order valence-electron chi connectivity index (χ3n) is 7.56. The first-order valence-electron chi connectivity index (χ1n) is 13.7. The number of ether oxygens (including phenoxy) is 1. The third-order valence-corrected chi connectivity index (χ3v) is 7.88. The molecule has 0 unspecified atom stereocenters. The average molecular weight is 553 g/mol. The topological polar surface area (TPSA) is 42.3 Å². The zero-order valence-electron chi connectivity index (χ0n) is 22.5. The van der Waals surface area contributed by atoms with Crippen LogP contribution in [0.2, 0.25) is 0 Å². The van der Waals surface area contributed by atoms with Crippen LogP contribution in [-0.4, -0.2) is 14.7 Å². The number of nitrogens with one attached hydrogen (secondary N) is 1. The lowest BCUT2D eigenvalue weighted by Gasteiger charge is -2.29. The summed E-state index contributed by atoms with van der Waals surface area (Å²) < 4.78 is 8.35. The number of thiocarbonyl (C=S) groups is 1. The fraction of sp³-hybridized carbons (Fsp3) is 0.0857. The predicted molar refractivity (Wildman–Crippen MR) is 169 cm³/mol. The van der Waals surface area contributed by atoms with Gasteiger partial charge in [0.05, 0.1) is 11.7 Å². The van der Waals surface area contributed by atoms with Crippen molar-refractivity contribution in [2.24, 2.45) is 0 Å². The van der Waals surface area contributed by atoms with Crippen molar-refractivity contribution >= 4 is 33.8 Å². The molecule has 6 aromatic rings. The van der Waals surface area contributed by atoms with E-state index in [1.54, 1.807) is 0 Å². The molecular formula is C35H28N4OS. The Morgan fingerprint density at radius 2 is 1.44 bits per heavy atom. The highest BCUT2D eigenvalue weighted by atomic mass is 32.1. The summed E-state index contributed by atoms with van der Waals surface area (Å²) in [7, 11) is 0. The molecule has 1 N–H and O–H groups in total. The Labute approximate surface area is 244 Å². The maximum absolute atomic E-state index is 6.10. The highest BCUT2D eigenvalue weighted by Crippen LogP contribution is 2.43. The molecule has 0 saturated carbocycles. The Morgan fingerprint density at radius 1 is 0.732 bits per heavy atom. The molecule has 0 bridgehead atoms. The minimum Gasteiger partial charge on any atom is -0.457 e. The van der Waals surface area contributed by atoms with E-state index in [2.05, 4.69) is 101 Å². The third kappa shape index (κ3) is 4.83. The van der Waals surface area contributed by atoms with Crippen LogP contribution in [0.1, 0.15) is 29.0 Å². The molecule has 5 nitrogen and oxygen atoms in total. The van der Waals surface area contributed by atoms with Crippen LogP contribution in [0.4, 0.5) is 5.69 Å². The average Bonchev–Trinajstić information content (AvgIpc) is 3.63. The van der Waals surface area contributed by atoms with Gasteiger partial charge in [-0.15, -0.1) is 0 Å². The molecule has 4 aromatic carbocycles. The SMILES string of the molecule is Cc1ccc(Oc2ccc(N3C(=S)N[C@@H](c4ccccn4)[C@@H]3c3cccn3-c3ccc4ccccc4c3)cc2)cc1. The van der Waals surface area contributed by atoms with Crippen LogP contribution >= 0.6 is 12.2 Å². The second kappa shape index (κ2) is 10.6. The summed E-state index contributed by atoms with van der Waals surface area (Å²) in [6.45, 7) is 2.07. The van der Waals surface area contributed by atoms with Gasteiger partial charge in [-0.1, -0.05) is 54.1 Å². The van der Waals surface area contributed by atoms with Crippen LogP contribution in [-0.2, 0) is 0 Å². The van der Waals surface area contributed by atoms with Crippen LogP contribution < -0.4 is 15.0 Å². The zero-order chi connectivity index (χ0) is 27.8. The Kier molecular flexibility index (Phi) is 6.45. The van der Waals surface area contributed by atoms with Gasteiger partial charge in [-0.3, -0.25) is 4.98 Å². The van der Waals surface area contributed by atoms with E-state index in [1.807, 2.05) is 54.7 Å². The minimum atomic E-state index is -0.138. The molecule has 2 atom stereocenters. The van der Waals surface area contributed by atoms with Gasteiger partial charge in [-0.05, 0) is 103 Å². The monoisotopic (exact) mass is 552 g/mol. The molecular weight excluding hydrogens is 524 g/mol. The van der Waals surface area contributed by atoms with Gasteiger partial charge < -0.3 is 19.5 Å². The Hall–Kier alpha value is -4.94. The second-order valence-corrected chi connectivity index (χ2v) is 10.6. The molecule has 6 heteroatoms. The number of aromatic nitrogens is 2. The molecule has 1 aliphatic rings. The molecule has 2 aromatic heterocycles. The molecule has 1 aliphatic heterocycles. The number of anilines is 1. The number of benzene rings is 4. The number of hydrogen-bond acceptors (Lipinski definition) is 3. The molecule has 0 radical (unpaired) electrons. The fourth-order valence-electron chi connectivity index (χ4n) is 5.55. The van der Waals surface area contributed by atoms with E-state index in [0.29, 0.717) is 5.11 Å². The predicted octanol–water partition coefficient (Wildman–Crippen LogP) is 8.30. The first-order chi connectivity index (χ1) is 20.1. The summed E-state index contributed by atoms with van der Waals surface area (Å²) in [6.07, 6.45) is 3.95. The molecule has 1 fully saturated rings. The molecule has 0 aliphatic carbocycles. The van der Waals surface area contributed by atoms with Crippen molar-refractivity contribution in [1.82, 2.24) is 14.9 Å². The maximum atomic E-state index is 6.10. The smallest absolute Gasteiger partial charge is 0.174 e. The van der Waals surface area contributed by atoms with E-state index in [0.717, 1.165) is 34.3 Å². The van der Waals surface area contributed by atoms with Crippen LogP contribution in [0.5, 0.6) is 11.5 Å². The molecule has 0 spiro atoms. The van der Waals surface area contributed by atoms with Crippen molar-refractivity contribution in [3.05, 3.63) is 151 Å². The van der Waals surface area contributed by atoms with E-state index >= 15 is 0 Å². The summed E-state index contributed by atoms with van der Waals surface area (Å²) >= 11 is 5.97. The van der Waals surface area contributed by atoms with Crippen LogP contribution in [0.25, 0.3) is 16.5 Å². The lowest BCUT2D eigenvalue weighted by Crippen LogP contribution is -2.30. The van der Waals surface area contributed by atoms with Crippen LogP contribution in [0.3, 0.4) is 0 Å². The number of pyridine rings is 1. The van der Waals surface area contributed by atoms with Gasteiger partial charge in [0.2, 0.25) is 0 Å². The van der Waals surface area contributed by atoms with Gasteiger partial charge in [0.15, 0.2) is 5.11 Å². The van der Waals surface area contributed by atoms with E-state index in [4.69, 9.17) is 21.9 Å². The Bertz CT molecular complexity index is 1830. The quantitative estimate of drug-likeness (QED) is 0.211.